The summed E-state index contributed by atoms with van der Waals surface area (Å²) in [4.78, 5) is 30.2. The van der Waals surface area contributed by atoms with Crippen LogP contribution in [0.4, 0.5) is 0 Å². The molecule has 5 nitrogen and oxygen atoms in total. The zero-order valence-electron chi connectivity index (χ0n) is 20.0. The van der Waals surface area contributed by atoms with Gasteiger partial charge in [-0.1, -0.05) is 48.5 Å². The highest BCUT2D eigenvalue weighted by atomic mass is 16.5. The van der Waals surface area contributed by atoms with Crippen molar-refractivity contribution in [1.82, 2.24) is 9.88 Å². The highest BCUT2D eigenvalue weighted by Gasteiger charge is 2.21. The van der Waals surface area contributed by atoms with Gasteiger partial charge in [0.25, 0.3) is 0 Å². The Morgan fingerprint density at radius 3 is 2.47 bits per heavy atom. The summed E-state index contributed by atoms with van der Waals surface area (Å²) in [5.41, 5.74) is 4.00. The van der Waals surface area contributed by atoms with Gasteiger partial charge < -0.3 is 14.4 Å². The van der Waals surface area contributed by atoms with Crippen molar-refractivity contribution in [3.8, 4) is 5.75 Å². The fourth-order valence-corrected chi connectivity index (χ4v) is 4.38. The van der Waals surface area contributed by atoms with E-state index in [4.69, 9.17) is 9.72 Å². The first-order chi connectivity index (χ1) is 16.5. The van der Waals surface area contributed by atoms with Crippen molar-refractivity contribution in [2.24, 2.45) is 5.92 Å². The third-order valence-corrected chi connectivity index (χ3v) is 6.45. The number of carbonyl (C=O) groups excluding carboxylic acids is 2. The summed E-state index contributed by atoms with van der Waals surface area (Å²) in [5.74, 6) is 1.43. The predicted octanol–water partition coefficient (Wildman–Crippen LogP) is 5.74. The minimum Gasteiger partial charge on any atom is -0.488 e. The summed E-state index contributed by atoms with van der Waals surface area (Å²) in [7, 11) is 0. The van der Waals surface area contributed by atoms with E-state index < -0.39 is 0 Å². The minimum atomic E-state index is 0.0662. The molecule has 0 N–H and O–H groups in total. The molecule has 1 saturated heterocycles. The zero-order valence-corrected chi connectivity index (χ0v) is 20.0. The Kier molecular flexibility index (Phi) is 7.73. The summed E-state index contributed by atoms with van der Waals surface area (Å²) in [6, 6.07) is 18.3. The third-order valence-electron chi connectivity index (χ3n) is 6.45. The number of fused-ring (bicyclic) bond motifs is 1. The van der Waals surface area contributed by atoms with Crippen LogP contribution in [0.3, 0.4) is 0 Å². The monoisotopic (exact) mass is 456 g/mol. The molecule has 1 fully saturated rings. The first-order valence-electron chi connectivity index (χ1n) is 12.0. The van der Waals surface area contributed by atoms with Crippen molar-refractivity contribution in [2.75, 3.05) is 13.1 Å². The molecule has 0 spiro atoms. The lowest BCUT2D eigenvalue weighted by Gasteiger charge is -2.30. The molecule has 0 bridgehead atoms. The van der Waals surface area contributed by atoms with Crippen molar-refractivity contribution in [2.45, 2.75) is 46.1 Å². The first kappa shape index (κ1) is 23.7. The lowest BCUT2D eigenvalue weighted by atomic mass is 9.95. The van der Waals surface area contributed by atoms with Gasteiger partial charge in [0.05, 0.1) is 11.2 Å². The van der Waals surface area contributed by atoms with E-state index in [2.05, 4.69) is 37.3 Å². The van der Waals surface area contributed by atoms with Gasteiger partial charge in [0, 0.05) is 36.9 Å². The van der Waals surface area contributed by atoms with E-state index in [0.29, 0.717) is 25.4 Å². The van der Waals surface area contributed by atoms with Crippen molar-refractivity contribution >= 4 is 28.7 Å². The summed E-state index contributed by atoms with van der Waals surface area (Å²) in [6.07, 6.45) is 6.83. The lowest BCUT2D eigenvalue weighted by Crippen LogP contribution is -2.38. The number of ketones is 1. The van der Waals surface area contributed by atoms with Crippen molar-refractivity contribution in [1.29, 1.82) is 0 Å². The van der Waals surface area contributed by atoms with Crippen LogP contribution in [0, 0.1) is 12.8 Å². The summed E-state index contributed by atoms with van der Waals surface area (Å²) in [6.45, 7) is 5.58. The van der Waals surface area contributed by atoms with Gasteiger partial charge in [0.1, 0.15) is 18.1 Å². The number of pyridine rings is 1. The van der Waals surface area contributed by atoms with Crippen LogP contribution < -0.4 is 4.74 Å². The molecule has 5 heteroatoms. The fourth-order valence-electron chi connectivity index (χ4n) is 4.38. The lowest BCUT2D eigenvalue weighted by molar-refractivity contribution is -0.134. The topological polar surface area (TPSA) is 59.5 Å². The number of benzene rings is 2. The molecule has 1 aliphatic heterocycles. The number of piperidine rings is 1. The number of para-hydroxylation sites is 1. The number of rotatable bonds is 8. The molecular formula is C29H32N2O3. The van der Waals surface area contributed by atoms with Crippen molar-refractivity contribution in [3.05, 3.63) is 77.5 Å². The number of allylic oxidation sites excluding steroid dienone is 1. The minimum absolute atomic E-state index is 0.0662. The Morgan fingerprint density at radius 1 is 1.03 bits per heavy atom. The van der Waals surface area contributed by atoms with Crippen LogP contribution in [-0.4, -0.2) is 34.7 Å². The highest BCUT2D eigenvalue weighted by molar-refractivity contribution is 5.88. The maximum Gasteiger partial charge on any atom is 0.223 e. The molecule has 0 saturated carbocycles. The van der Waals surface area contributed by atoms with E-state index in [1.54, 1.807) is 0 Å². The van der Waals surface area contributed by atoms with Gasteiger partial charge in [-0.25, -0.2) is 4.98 Å². The number of likely N-dealkylation sites (tertiary alicyclic amines) is 1. The maximum absolute atomic E-state index is 12.3. The quantitative estimate of drug-likeness (QED) is 0.433. The molecule has 2 aromatic carbocycles. The number of ether oxygens (including phenoxy) is 1. The number of amides is 1. The molecule has 4 rings (SSSR count). The van der Waals surface area contributed by atoms with Crippen LogP contribution in [0.25, 0.3) is 17.0 Å². The molecule has 0 atom stereocenters. The number of Topliss-reactive ketones (excluding diaryl/α,β-unsaturated/α-hetero) is 1. The predicted molar refractivity (Wildman–Crippen MR) is 136 cm³/mol. The van der Waals surface area contributed by atoms with Crippen LogP contribution >= 0.6 is 0 Å². The molecule has 3 aromatic rings. The average molecular weight is 457 g/mol. The van der Waals surface area contributed by atoms with E-state index in [9.17, 15) is 9.59 Å². The van der Waals surface area contributed by atoms with Crippen LogP contribution in [0.1, 0.15) is 49.4 Å². The second-order valence-electron chi connectivity index (χ2n) is 9.02. The fraction of sp³-hybridized carbons (Fsp3) is 0.345. The van der Waals surface area contributed by atoms with Crippen LogP contribution in [0.2, 0.25) is 0 Å². The van der Waals surface area contributed by atoms with Gasteiger partial charge in [-0.3, -0.25) is 4.79 Å². The molecule has 34 heavy (non-hydrogen) atoms. The molecule has 1 aromatic heterocycles. The Labute approximate surface area is 201 Å². The van der Waals surface area contributed by atoms with Gasteiger partial charge in [0.15, 0.2) is 0 Å². The van der Waals surface area contributed by atoms with Gasteiger partial charge in [-0.15, -0.1) is 0 Å². The maximum atomic E-state index is 12.3. The summed E-state index contributed by atoms with van der Waals surface area (Å²) in [5, 5.41) is 1.02. The second-order valence-corrected chi connectivity index (χ2v) is 9.02. The van der Waals surface area contributed by atoms with Crippen LogP contribution in [0.15, 0.2) is 60.7 Å². The van der Waals surface area contributed by atoms with Gasteiger partial charge >= 0.3 is 0 Å². The van der Waals surface area contributed by atoms with Gasteiger partial charge in [0.2, 0.25) is 5.91 Å². The Bertz CT molecular complexity index is 1180. The normalized spacial score (nSPS) is 14.6. The highest BCUT2D eigenvalue weighted by Crippen LogP contribution is 2.32. The molecule has 176 valence electrons. The van der Waals surface area contributed by atoms with Gasteiger partial charge in [-0.05, 0) is 56.4 Å². The Morgan fingerprint density at radius 2 is 1.74 bits per heavy atom. The van der Waals surface area contributed by atoms with Crippen molar-refractivity contribution in [3.63, 3.8) is 0 Å². The average Bonchev–Trinajstić information content (AvgIpc) is 2.86. The van der Waals surface area contributed by atoms with Gasteiger partial charge in [-0.2, -0.15) is 0 Å². The standard InChI is InChI=1S/C29H32N2O3/c1-21(32)12-15-28(33)31-18-16-23(17-19-31)13-14-26-22(2)29(25-10-6-7-11-27(25)30-26)34-20-24-8-4-3-5-9-24/h3-11,13-14,23H,12,15-20H2,1-2H3. The number of hydrogen-bond donors (Lipinski definition) is 0. The molecule has 1 aliphatic rings. The second kappa shape index (κ2) is 11.1. The third kappa shape index (κ3) is 5.90. The smallest absolute Gasteiger partial charge is 0.223 e. The van der Waals surface area contributed by atoms with Crippen LogP contribution in [0.5, 0.6) is 5.75 Å². The van der Waals surface area contributed by atoms with Crippen molar-refractivity contribution < 1.29 is 14.3 Å². The number of aromatic nitrogens is 1. The van der Waals surface area contributed by atoms with E-state index in [0.717, 1.165) is 59.4 Å². The van der Waals surface area contributed by atoms with E-state index >= 15 is 0 Å². The Balaban J connectivity index is 1.46. The largest absolute Gasteiger partial charge is 0.488 e. The number of carbonyl (C=O) groups is 2. The molecular weight excluding hydrogens is 424 g/mol. The summed E-state index contributed by atoms with van der Waals surface area (Å²) < 4.78 is 6.31. The number of hydrogen-bond acceptors (Lipinski definition) is 4. The molecule has 2 heterocycles. The summed E-state index contributed by atoms with van der Waals surface area (Å²) >= 11 is 0. The molecule has 0 radical (unpaired) electrons. The SMILES string of the molecule is CC(=O)CCC(=O)N1CCC(C=Cc2nc3ccccc3c(OCc3ccccc3)c2C)CC1. The zero-order chi connectivity index (χ0) is 23.9. The number of nitrogens with zero attached hydrogens (tertiary/aromatic N) is 2. The van der Waals surface area contributed by atoms with E-state index in [1.807, 2.05) is 41.3 Å². The van der Waals surface area contributed by atoms with E-state index in [1.165, 1.54) is 6.92 Å². The first-order valence-corrected chi connectivity index (χ1v) is 12.0. The molecule has 0 aliphatic carbocycles. The van der Waals surface area contributed by atoms with E-state index in [-0.39, 0.29) is 11.7 Å². The molecule has 1 amide bonds. The van der Waals surface area contributed by atoms with Crippen LogP contribution in [-0.2, 0) is 16.2 Å². The Hall–Kier alpha value is -3.47. The molecule has 0 unspecified atom stereocenters.